The number of hydrogen-bond donors (Lipinski definition) is 1. The second-order valence-electron chi connectivity index (χ2n) is 5.52. The van der Waals surface area contributed by atoms with Gasteiger partial charge < -0.3 is 14.8 Å². The van der Waals surface area contributed by atoms with Crippen molar-refractivity contribution in [2.75, 3.05) is 26.2 Å². The summed E-state index contributed by atoms with van der Waals surface area (Å²) in [7, 11) is 0. The number of hydrogen-bond acceptors (Lipinski definition) is 2. The third-order valence-corrected chi connectivity index (χ3v) is 4.12. The lowest BCUT2D eigenvalue weighted by molar-refractivity contribution is -0.130. The van der Waals surface area contributed by atoms with Crippen LogP contribution in [0.4, 0.5) is 0 Å². The predicted molar refractivity (Wildman–Crippen MR) is 81.2 cm³/mol. The first-order chi connectivity index (χ1) is 10.1. The molecule has 5 nitrogen and oxygen atoms in total. The zero-order chi connectivity index (χ0) is 15.0. The Labute approximate surface area is 123 Å². The van der Waals surface area contributed by atoms with Gasteiger partial charge >= 0.3 is 0 Å². The normalized spacial score (nSPS) is 15.5. The molecule has 1 fully saturated rings. The number of rotatable bonds is 1. The fourth-order valence-corrected chi connectivity index (χ4v) is 2.82. The average Bonchev–Trinajstić information content (AvgIpc) is 2.92. The number of carbonyl (C=O) groups is 2. The highest BCUT2D eigenvalue weighted by Crippen LogP contribution is 2.20. The molecular weight excluding hydrogens is 266 g/mol. The molecule has 0 radical (unpaired) electrons. The Hall–Kier alpha value is -2.30. The van der Waals surface area contributed by atoms with E-state index in [1.807, 2.05) is 31.2 Å². The van der Waals surface area contributed by atoms with Gasteiger partial charge in [-0.05, 0) is 24.6 Å². The lowest BCUT2D eigenvalue weighted by atomic mass is 10.1. The molecule has 0 unspecified atom stereocenters. The van der Waals surface area contributed by atoms with Crippen LogP contribution in [0.15, 0.2) is 24.3 Å². The molecule has 0 atom stereocenters. The summed E-state index contributed by atoms with van der Waals surface area (Å²) in [5.74, 6) is 0.0807. The summed E-state index contributed by atoms with van der Waals surface area (Å²) in [5.41, 5.74) is 2.76. The summed E-state index contributed by atoms with van der Waals surface area (Å²) >= 11 is 0. The summed E-state index contributed by atoms with van der Waals surface area (Å²) in [5, 5.41) is 1.09. The monoisotopic (exact) mass is 285 g/mol. The number of aromatic amines is 1. The maximum Gasteiger partial charge on any atom is 0.270 e. The molecule has 1 aliphatic heterocycles. The zero-order valence-corrected chi connectivity index (χ0v) is 12.3. The standard InChI is InChI=1S/C16H19N3O2/c1-11-4-3-5-14-13(11)10-15(17-14)16(21)19-8-6-18(7-9-19)12(2)20/h3-5,10,17H,6-9H2,1-2H3. The Morgan fingerprint density at radius 3 is 2.38 bits per heavy atom. The lowest BCUT2D eigenvalue weighted by Crippen LogP contribution is -2.50. The molecule has 2 amide bonds. The number of benzene rings is 1. The van der Waals surface area contributed by atoms with E-state index < -0.39 is 0 Å². The molecule has 3 rings (SSSR count). The van der Waals surface area contributed by atoms with Crippen molar-refractivity contribution in [3.8, 4) is 0 Å². The van der Waals surface area contributed by atoms with Gasteiger partial charge in [0.25, 0.3) is 5.91 Å². The second-order valence-corrected chi connectivity index (χ2v) is 5.52. The highest BCUT2D eigenvalue weighted by atomic mass is 16.2. The van der Waals surface area contributed by atoms with Gasteiger partial charge in [0.2, 0.25) is 5.91 Å². The van der Waals surface area contributed by atoms with E-state index in [1.165, 1.54) is 0 Å². The summed E-state index contributed by atoms with van der Waals surface area (Å²) in [4.78, 5) is 30.6. The molecule has 2 aromatic rings. The van der Waals surface area contributed by atoms with Gasteiger partial charge in [-0.2, -0.15) is 0 Å². The van der Waals surface area contributed by atoms with Crippen LogP contribution < -0.4 is 0 Å². The fraction of sp³-hybridized carbons (Fsp3) is 0.375. The Morgan fingerprint density at radius 2 is 1.76 bits per heavy atom. The Morgan fingerprint density at radius 1 is 1.10 bits per heavy atom. The van der Waals surface area contributed by atoms with Crippen LogP contribution in [0.1, 0.15) is 23.0 Å². The van der Waals surface area contributed by atoms with Gasteiger partial charge in [0.1, 0.15) is 5.69 Å². The van der Waals surface area contributed by atoms with Gasteiger partial charge in [0.15, 0.2) is 0 Å². The summed E-state index contributed by atoms with van der Waals surface area (Å²) in [6.45, 7) is 6.01. The first-order valence-corrected chi connectivity index (χ1v) is 7.19. The number of nitrogens with one attached hydrogen (secondary N) is 1. The minimum absolute atomic E-state index is 0.00815. The van der Waals surface area contributed by atoms with Gasteiger partial charge in [-0.1, -0.05) is 12.1 Å². The summed E-state index contributed by atoms with van der Waals surface area (Å²) in [6, 6.07) is 7.92. The number of aryl methyl sites for hydroxylation is 1. The van der Waals surface area contributed by atoms with E-state index in [0.29, 0.717) is 31.9 Å². The first-order valence-electron chi connectivity index (χ1n) is 7.19. The molecule has 1 aromatic heterocycles. The minimum Gasteiger partial charge on any atom is -0.351 e. The van der Waals surface area contributed by atoms with Crippen molar-refractivity contribution in [1.82, 2.24) is 14.8 Å². The molecular formula is C16H19N3O2. The number of carbonyl (C=O) groups excluding carboxylic acids is 2. The molecule has 1 aliphatic rings. The third kappa shape index (κ3) is 2.51. The van der Waals surface area contributed by atoms with Crippen LogP contribution in [0.3, 0.4) is 0 Å². The van der Waals surface area contributed by atoms with Crippen molar-refractivity contribution in [3.63, 3.8) is 0 Å². The van der Waals surface area contributed by atoms with E-state index in [1.54, 1.807) is 16.7 Å². The highest BCUT2D eigenvalue weighted by Gasteiger charge is 2.24. The van der Waals surface area contributed by atoms with Crippen molar-refractivity contribution >= 4 is 22.7 Å². The fourth-order valence-electron chi connectivity index (χ4n) is 2.82. The van der Waals surface area contributed by atoms with E-state index in [9.17, 15) is 9.59 Å². The molecule has 1 N–H and O–H groups in total. The molecule has 110 valence electrons. The van der Waals surface area contributed by atoms with Gasteiger partial charge in [0.05, 0.1) is 0 Å². The van der Waals surface area contributed by atoms with Crippen LogP contribution in [0, 0.1) is 6.92 Å². The maximum absolute atomic E-state index is 12.5. The quantitative estimate of drug-likeness (QED) is 0.868. The van der Waals surface area contributed by atoms with Gasteiger partial charge in [0, 0.05) is 44.0 Å². The second kappa shape index (κ2) is 5.24. The van der Waals surface area contributed by atoms with Crippen molar-refractivity contribution in [2.24, 2.45) is 0 Å². The number of piperazine rings is 1. The Balaban J connectivity index is 1.78. The van der Waals surface area contributed by atoms with E-state index in [-0.39, 0.29) is 11.8 Å². The molecule has 0 bridgehead atoms. The van der Waals surface area contributed by atoms with Crippen LogP contribution in [0.25, 0.3) is 10.9 Å². The summed E-state index contributed by atoms with van der Waals surface area (Å²) in [6.07, 6.45) is 0. The molecule has 1 saturated heterocycles. The number of nitrogens with zero attached hydrogens (tertiary/aromatic N) is 2. The smallest absolute Gasteiger partial charge is 0.270 e. The lowest BCUT2D eigenvalue weighted by Gasteiger charge is -2.33. The van der Waals surface area contributed by atoms with Crippen molar-refractivity contribution in [1.29, 1.82) is 0 Å². The van der Waals surface area contributed by atoms with Crippen LogP contribution in [0.2, 0.25) is 0 Å². The highest BCUT2D eigenvalue weighted by molar-refractivity contribution is 5.99. The van der Waals surface area contributed by atoms with Crippen LogP contribution >= 0.6 is 0 Å². The van der Waals surface area contributed by atoms with E-state index in [0.717, 1.165) is 16.5 Å². The van der Waals surface area contributed by atoms with E-state index in [4.69, 9.17) is 0 Å². The molecule has 21 heavy (non-hydrogen) atoms. The Kier molecular flexibility index (Phi) is 3.41. The van der Waals surface area contributed by atoms with Gasteiger partial charge in [-0.3, -0.25) is 9.59 Å². The molecule has 1 aromatic carbocycles. The average molecular weight is 285 g/mol. The van der Waals surface area contributed by atoms with Crippen LogP contribution in [-0.4, -0.2) is 52.8 Å². The molecule has 0 spiro atoms. The number of fused-ring (bicyclic) bond motifs is 1. The van der Waals surface area contributed by atoms with Crippen LogP contribution in [0.5, 0.6) is 0 Å². The number of aromatic nitrogens is 1. The molecule has 0 aliphatic carbocycles. The SMILES string of the molecule is CC(=O)N1CCN(C(=O)c2cc3c(C)cccc3[nH]2)CC1. The zero-order valence-electron chi connectivity index (χ0n) is 12.3. The van der Waals surface area contributed by atoms with Crippen LogP contribution in [-0.2, 0) is 4.79 Å². The first kappa shape index (κ1) is 13.7. The molecule has 0 saturated carbocycles. The third-order valence-electron chi connectivity index (χ3n) is 4.12. The van der Waals surface area contributed by atoms with Crippen molar-refractivity contribution < 1.29 is 9.59 Å². The summed E-state index contributed by atoms with van der Waals surface area (Å²) < 4.78 is 0. The molecule has 5 heteroatoms. The predicted octanol–water partition coefficient (Wildman–Crippen LogP) is 1.78. The van der Waals surface area contributed by atoms with E-state index in [2.05, 4.69) is 4.98 Å². The van der Waals surface area contributed by atoms with Gasteiger partial charge in [-0.15, -0.1) is 0 Å². The van der Waals surface area contributed by atoms with Crippen molar-refractivity contribution in [3.05, 3.63) is 35.5 Å². The number of H-pyrrole nitrogens is 1. The maximum atomic E-state index is 12.5. The minimum atomic E-state index is 0.00815. The van der Waals surface area contributed by atoms with Crippen molar-refractivity contribution in [2.45, 2.75) is 13.8 Å². The van der Waals surface area contributed by atoms with Gasteiger partial charge in [-0.25, -0.2) is 0 Å². The van der Waals surface area contributed by atoms with E-state index >= 15 is 0 Å². The Bertz CT molecular complexity index is 697. The molecule has 2 heterocycles. The topological polar surface area (TPSA) is 56.4 Å². The number of amides is 2. The largest absolute Gasteiger partial charge is 0.351 e.